The molecule has 0 radical (unpaired) electrons. The van der Waals surface area contributed by atoms with E-state index in [4.69, 9.17) is 5.11 Å². The fourth-order valence-corrected chi connectivity index (χ4v) is 2.11. The van der Waals surface area contributed by atoms with E-state index in [1.807, 2.05) is 24.3 Å². The molecule has 114 valence electrons. The first-order valence-electron chi connectivity index (χ1n) is 7.76. The van der Waals surface area contributed by atoms with Crippen LogP contribution in [0.4, 0.5) is 5.69 Å². The number of carbonyl (C=O) groups excluding carboxylic acids is 1. The molecule has 3 nitrogen and oxygen atoms in total. The third-order valence-electron chi connectivity index (χ3n) is 3.26. The Kier molecular flexibility index (Phi) is 8.99. The zero-order chi connectivity index (χ0) is 15.3. The summed E-state index contributed by atoms with van der Waals surface area (Å²) in [5.74, 6) is 5.48. The minimum absolute atomic E-state index is 0.0312. The molecular formula is C18H25NO2. The summed E-state index contributed by atoms with van der Waals surface area (Å²) in [7, 11) is 0. The number of hydrogen-bond donors (Lipinski definition) is 2. The molecule has 0 aliphatic carbocycles. The number of hydrogen-bond acceptors (Lipinski definition) is 2. The topological polar surface area (TPSA) is 49.3 Å². The Balaban J connectivity index is 2.37. The van der Waals surface area contributed by atoms with Crippen LogP contribution < -0.4 is 5.32 Å². The Morgan fingerprint density at radius 1 is 1.14 bits per heavy atom. The number of unbranched alkanes of at least 4 members (excludes halogenated alkanes) is 5. The molecule has 0 spiro atoms. The van der Waals surface area contributed by atoms with E-state index >= 15 is 0 Å². The van der Waals surface area contributed by atoms with Crippen molar-refractivity contribution in [3.05, 3.63) is 29.8 Å². The van der Waals surface area contributed by atoms with E-state index in [0.717, 1.165) is 24.1 Å². The van der Waals surface area contributed by atoms with Crippen LogP contribution in [0.25, 0.3) is 0 Å². The van der Waals surface area contributed by atoms with Gasteiger partial charge in [0.15, 0.2) is 0 Å². The first-order chi connectivity index (χ1) is 10.3. The maximum Gasteiger partial charge on any atom is 0.224 e. The monoisotopic (exact) mass is 287 g/mol. The molecule has 0 fully saturated rings. The van der Waals surface area contributed by atoms with Gasteiger partial charge in [-0.05, 0) is 18.6 Å². The Morgan fingerprint density at radius 2 is 1.86 bits per heavy atom. The lowest BCUT2D eigenvalue weighted by Crippen LogP contribution is -2.12. The molecular weight excluding hydrogens is 262 g/mol. The van der Waals surface area contributed by atoms with Gasteiger partial charge in [-0.2, -0.15) is 0 Å². The quantitative estimate of drug-likeness (QED) is 0.565. The summed E-state index contributed by atoms with van der Waals surface area (Å²) in [4.78, 5) is 11.9. The molecule has 0 aliphatic rings. The molecule has 1 aromatic rings. The van der Waals surface area contributed by atoms with Crippen LogP contribution in [0.1, 0.15) is 57.4 Å². The van der Waals surface area contributed by atoms with Crippen LogP contribution in [-0.4, -0.2) is 17.6 Å². The fraction of sp³-hybridized carbons (Fsp3) is 0.500. The Hall–Kier alpha value is -1.79. The van der Waals surface area contributed by atoms with Crippen molar-refractivity contribution < 1.29 is 9.90 Å². The average Bonchev–Trinajstić information content (AvgIpc) is 2.50. The highest BCUT2D eigenvalue weighted by atomic mass is 16.2. The first-order valence-corrected chi connectivity index (χ1v) is 7.76. The van der Waals surface area contributed by atoms with Crippen LogP contribution in [0.15, 0.2) is 24.3 Å². The largest absolute Gasteiger partial charge is 0.384 e. The summed E-state index contributed by atoms with van der Waals surface area (Å²) >= 11 is 0. The highest BCUT2D eigenvalue weighted by molar-refractivity contribution is 5.92. The molecule has 1 aromatic carbocycles. The maximum absolute atomic E-state index is 11.9. The van der Waals surface area contributed by atoms with Gasteiger partial charge in [0.1, 0.15) is 6.61 Å². The van der Waals surface area contributed by atoms with Crippen LogP contribution in [0.5, 0.6) is 0 Å². The van der Waals surface area contributed by atoms with Crippen molar-refractivity contribution in [3.63, 3.8) is 0 Å². The van der Waals surface area contributed by atoms with E-state index in [1.165, 1.54) is 25.7 Å². The first kappa shape index (κ1) is 17.3. The number of nitrogens with one attached hydrogen (secondary N) is 1. The highest BCUT2D eigenvalue weighted by Gasteiger charge is 2.05. The molecule has 0 saturated carbocycles. The summed E-state index contributed by atoms with van der Waals surface area (Å²) in [6, 6.07) is 7.40. The van der Waals surface area contributed by atoms with Gasteiger partial charge < -0.3 is 10.4 Å². The van der Waals surface area contributed by atoms with Crippen LogP contribution in [0, 0.1) is 11.8 Å². The molecule has 21 heavy (non-hydrogen) atoms. The van der Waals surface area contributed by atoms with Crippen molar-refractivity contribution in [2.75, 3.05) is 11.9 Å². The van der Waals surface area contributed by atoms with Crippen LogP contribution in [0.2, 0.25) is 0 Å². The van der Waals surface area contributed by atoms with Crippen LogP contribution in [0.3, 0.4) is 0 Å². The normalized spacial score (nSPS) is 9.81. The number of benzene rings is 1. The number of aliphatic hydroxyl groups excluding tert-OH is 1. The van der Waals surface area contributed by atoms with Gasteiger partial charge in [-0.3, -0.25) is 4.79 Å². The van der Waals surface area contributed by atoms with Gasteiger partial charge in [0.05, 0.1) is 5.69 Å². The van der Waals surface area contributed by atoms with Crippen molar-refractivity contribution in [1.29, 1.82) is 0 Å². The fourth-order valence-electron chi connectivity index (χ4n) is 2.11. The lowest BCUT2D eigenvalue weighted by atomic mass is 10.1. The number of anilines is 1. The molecule has 0 atom stereocenters. The molecule has 0 bridgehead atoms. The number of para-hydroxylation sites is 1. The summed E-state index contributed by atoms with van der Waals surface area (Å²) in [6.07, 6.45) is 7.58. The summed E-state index contributed by atoms with van der Waals surface area (Å²) < 4.78 is 0. The minimum Gasteiger partial charge on any atom is -0.384 e. The molecule has 0 unspecified atom stereocenters. The Labute approximate surface area is 127 Å². The Bertz CT molecular complexity index is 485. The van der Waals surface area contributed by atoms with Gasteiger partial charge in [0.25, 0.3) is 0 Å². The van der Waals surface area contributed by atoms with Crippen molar-refractivity contribution in [1.82, 2.24) is 0 Å². The van der Waals surface area contributed by atoms with Crippen molar-refractivity contribution in [3.8, 4) is 11.8 Å². The standard InChI is InChI=1S/C18H25NO2/c1-2-3-4-5-6-7-14-18(21)19-17-13-9-8-11-16(17)12-10-15-20/h8-9,11,13,20H,2-7,14-15H2,1H3,(H,19,21). The molecule has 0 aliphatic heterocycles. The average molecular weight is 287 g/mol. The van der Waals surface area contributed by atoms with Gasteiger partial charge >= 0.3 is 0 Å². The van der Waals surface area contributed by atoms with E-state index in [9.17, 15) is 4.79 Å². The second-order valence-electron chi connectivity index (χ2n) is 5.07. The van der Waals surface area contributed by atoms with E-state index in [2.05, 4.69) is 24.1 Å². The summed E-state index contributed by atoms with van der Waals surface area (Å²) in [6.45, 7) is 2.02. The van der Waals surface area contributed by atoms with Gasteiger partial charge in [0.2, 0.25) is 5.91 Å². The van der Waals surface area contributed by atoms with E-state index in [1.54, 1.807) is 0 Å². The van der Waals surface area contributed by atoms with Crippen molar-refractivity contribution in [2.24, 2.45) is 0 Å². The summed E-state index contributed by atoms with van der Waals surface area (Å²) in [5.41, 5.74) is 1.46. The molecule has 0 saturated heterocycles. The van der Waals surface area contributed by atoms with Crippen molar-refractivity contribution >= 4 is 11.6 Å². The van der Waals surface area contributed by atoms with Gasteiger partial charge in [-0.25, -0.2) is 0 Å². The number of aliphatic hydroxyl groups is 1. The van der Waals surface area contributed by atoms with E-state index in [0.29, 0.717) is 6.42 Å². The molecule has 3 heteroatoms. The Morgan fingerprint density at radius 3 is 2.62 bits per heavy atom. The maximum atomic E-state index is 11.9. The van der Waals surface area contributed by atoms with Crippen LogP contribution >= 0.6 is 0 Å². The zero-order valence-corrected chi connectivity index (χ0v) is 12.8. The van der Waals surface area contributed by atoms with E-state index < -0.39 is 0 Å². The molecule has 2 N–H and O–H groups in total. The summed E-state index contributed by atoms with van der Waals surface area (Å²) in [5, 5.41) is 11.6. The number of amides is 1. The predicted molar refractivity (Wildman–Crippen MR) is 87.0 cm³/mol. The number of carbonyl (C=O) groups is 1. The van der Waals surface area contributed by atoms with E-state index in [-0.39, 0.29) is 12.5 Å². The second kappa shape index (κ2) is 10.9. The highest BCUT2D eigenvalue weighted by Crippen LogP contribution is 2.15. The molecule has 1 amide bonds. The third-order valence-corrected chi connectivity index (χ3v) is 3.26. The molecule has 0 heterocycles. The lowest BCUT2D eigenvalue weighted by molar-refractivity contribution is -0.116. The van der Waals surface area contributed by atoms with Crippen LogP contribution in [-0.2, 0) is 4.79 Å². The third kappa shape index (κ3) is 7.53. The molecule has 0 aromatic heterocycles. The molecule has 1 rings (SSSR count). The minimum atomic E-state index is -0.181. The number of rotatable bonds is 8. The lowest BCUT2D eigenvalue weighted by Gasteiger charge is -2.07. The SMILES string of the molecule is CCCCCCCCC(=O)Nc1ccccc1C#CCO. The zero-order valence-electron chi connectivity index (χ0n) is 12.8. The van der Waals surface area contributed by atoms with Gasteiger partial charge in [-0.15, -0.1) is 0 Å². The van der Waals surface area contributed by atoms with Gasteiger partial charge in [-0.1, -0.05) is 63.0 Å². The smallest absolute Gasteiger partial charge is 0.224 e. The predicted octanol–water partition coefficient (Wildman–Crippen LogP) is 3.72. The second-order valence-corrected chi connectivity index (χ2v) is 5.07. The van der Waals surface area contributed by atoms with Crippen molar-refractivity contribution in [2.45, 2.75) is 51.9 Å². The van der Waals surface area contributed by atoms with Gasteiger partial charge in [0, 0.05) is 12.0 Å².